The van der Waals surface area contributed by atoms with Crippen LogP contribution in [0.1, 0.15) is 12.5 Å². The molecule has 0 atom stereocenters. The average Bonchev–Trinajstić information content (AvgIpc) is 2.60. The molecule has 0 aliphatic carbocycles. The lowest BCUT2D eigenvalue weighted by Crippen LogP contribution is -2.40. The topological polar surface area (TPSA) is 49.9 Å². The summed E-state index contributed by atoms with van der Waals surface area (Å²) in [6, 6.07) is 16.9. The van der Waals surface area contributed by atoms with Gasteiger partial charge in [-0.05, 0) is 17.7 Å². The van der Waals surface area contributed by atoms with E-state index >= 15 is 0 Å². The fraction of sp³-hybridized carbons (Fsp3) is 0.263. The van der Waals surface area contributed by atoms with E-state index in [2.05, 4.69) is 0 Å². The van der Waals surface area contributed by atoms with E-state index in [9.17, 15) is 9.59 Å². The maximum absolute atomic E-state index is 12.5. The first-order valence-electron chi connectivity index (χ1n) is 7.72. The van der Waals surface area contributed by atoms with Gasteiger partial charge in [0, 0.05) is 20.5 Å². The summed E-state index contributed by atoms with van der Waals surface area (Å²) in [6.45, 7) is 1.91. The number of rotatable bonds is 6. The molecule has 2 amide bonds. The van der Waals surface area contributed by atoms with Crippen molar-refractivity contribution < 1.29 is 14.3 Å². The highest BCUT2D eigenvalue weighted by Gasteiger charge is 2.21. The van der Waals surface area contributed by atoms with Gasteiger partial charge >= 0.3 is 0 Å². The van der Waals surface area contributed by atoms with E-state index in [-0.39, 0.29) is 18.4 Å². The zero-order chi connectivity index (χ0) is 17.5. The zero-order valence-electron chi connectivity index (χ0n) is 14.2. The van der Waals surface area contributed by atoms with Gasteiger partial charge in [0.15, 0.2) is 0 Å². The Hall–Kier alpha value is -2.82. The molecule has 0 unspecified atom stereocenters. The molecule has 5 heteroatoms. The van der Waals surface area contributed by atoms with E-state index in [1.807, 2.05) is 42.5 Å². The molecule has 2 rings (SSSR count). The van der Waals surface area contributed by atoms with Gasteiger partial charge in [-0.15, -0.1) is 0 Å². The number of benzene rings is 2. The number of methoxy groups -OCH3 is 1. The highest BCUT2D eigenvalue weighted by molar-refractivity contribution is 5.98. The fourth-order valence-corrected chi connectivity index (χ4v) is 2.42. The monoisotopic (exact) mass is 326 g/mol. The molecule has 0 N–H and O–H groups in total. The van der Waals surface area contributed by atoms with Crippen LogP contribution in [0, 0.1) is 0 Å². The molecule has 0 aliphatic rings. The summed E-state index contributed by atoms with van der Waals surface area (Å²) in [6.07, 6.45) is 0. The summed E-state index contributed by atoms with van der Waals surface area (Å²) in [4.78, 5) is 27.6. The predicted molar refractivity (Wildman–Crippen MR) is 93.9 cm³/mol. The van der Waals surface area contributed by atoms with Crippen LogP contribution in [0.5, 0.6) is 5.75 Å². The minimum atomic E-state index is -0.207. The van der Waals surface area contributed by atoms with Crippen LogP contribution in [0.2, 0.25) is 0 Å². The third-order valence-electron chi connectivity index (χ3n) is 3.74. The molecule has 0 heterocycles. The van der Waals surface area contributed by atoms with E-state index in [1.165, 1.54) is 11.8 Å². The van der Waals surface area contributed by atoms with Gasteiger partial charge in [0.2, 0.25) is 11.8 Å². The molecule has 0 fully saturated rings. The molecular formula is C19H22N2O3. The Kier molecular flexibility index (Phi) is 5.95. The molecule has 0 spiro atoms. The van der Waals surface area contributed by atoms with Gasteiger partial charge in [-0.2, -0.15) is 0 Å². The number of anilines is 1. The summed E-state index contributed by atoms with van der Waals surface area (Å²) < 4.78 is 5.30. The fourth-order valence-electron chi connectivity index (χ4n) is 2.42. The zero-order valence-corrected chi connectivity index (χ0v) is 14.2. The van der Waals surface area contributed by atoms with Crippen LogP contribution in [-0.4, -0.2) is 37.4 Å². The molecule has 0 aromatic heterocycles. The summed E-state index contributed by atoms with van der Waals surface area (Å²) in [5.41, 5.74) is 1.63. The van der Waals surface area contributed by atoms with E-state index < -0.39 is 0 Å². The van der Waals surface area contributed by atoms with Crippen molar-refractivity contribution in [1.29, 1.82) is 0 Å². The van der Waals surface area contributed by atoms with Crippen molar-refractivity contribution in [2.75, 3.05) is 25.6 Å². The SMILES string of the molecule is COc1ccccc1N(CC(=O)N(C)Cc1ccccc1)C(C)=O. The molecule has 0 saturated heterocycles. The molecule has 0 bridgehead atoms. The average molecular weight is 326 g/mol. The number of nitrogens with zero attached hydrogens (tertiary/aromatic N) is 2. The number of amides is 2. The first-order chi connectivity index (χ1) is 11.5. The van der Waals surface area contributed by atoms with Gasteiger partial charge in [-0.25, -0.2) is 0 Å². The van der Waals surface area contributed by atoms with Crippen LogP contribution in [-0.2, 0) is 16.1 Å². The molecule has 0 radical (unpaired) electrons. The smallest absolute Gasteiger partial charge is 0.242 e. The Bertz CT molecular complexity index is 701. The van der Waals surface area contributed by atoms with Gasteiger partial charge < -0.3 is 9.64 Å². The molecule has 126 valence electrons. The Balaban J connectivity index is 2.12. The quantitative estimate of drug-likeness (QED) is 0.820. The Labute approximate surface area is 142 Å². The summed E-state index contributed by atoms with van der Waals surface area (Å²) in [5.74, 6) is 0.215. The Morgan fingerprint density at radius 1 is 1.00 bits per heavy atom. The van der Waals surface area contributed by atoms with Crippen molar-refractivity contribution in [3.8, 4) is 5.75 Å². The van der Waals surface area contributed by atoms with Crippen LogP contribution in [0.3, 0.4) is 0 Å². The van der Waals surface area contributed by atoms with E-state index in [0.717, 1.165) is 5.56 Å². The maximum Gasteiger partial charge on any atom is 0.242 e. The van der Waals surface area contributed by atoms with Crippen molar-refractivity contribution in [3.63, 3.8) is 0 Å². The van der Waals surface area contributed by atoms with Crippen LogP contribution >= 0.6 is 0 Å². The first kappa shape index (κ1) is 17.5. The molecular weight excluding hydrogens is 304 g/mol. The molecule has 0 aliphatic heterocycles. The number of hydrogen-bond donors (Lipinski definition) is 0. The van der Waals surface area contributed by atoms with Gasteiger partial charge in [-0.3, -0.25) is 14.5 Å². The number of carbonyl (C=O) groups excluding carboxylic acids is 2. The minimum absolute atomic E-state index is 0.0287. The number of hydrogen-bond acceptors (Lipinski definition) is 3. The Morgan fingerprint density at radius 3 is 2.25 bits per heavy atom. The van der Waals surface area contributed by atoms with Crippen molar-refractivity contribution in [3.05, 3.63) is 60.2 Å². The highest BCUT2D eigenvalue weighted by Crippen LogP contribution is 2.27. The van der Waals surface area contributed by atoms with Gasteiger partial charge in [-0.1, -0.05) is 42.5 Å². The summed E-state index contributed by atoms with van der Waals surface area (Å²) in [7, 11) is 3.27. The number of likely N-dealkylation sites (N-methyl/N-ethyl adjacent to an activating group) is 1. The van der Waals surface area contributed by atoms with Crippen molar-refractivity contribution >= 4 is 17.5 Å². The predicted octanol–water partition coefficient (Wildman–Crippen LogP) is 2.71. The van der Waals surface area contributed by atoms with Gasteiger partial charge in [0.05, 0.1) is 12.8 Å². The molecule has 2 aromatic carbocycles. The summed E-state index contributed by atoms with van der Waals surface area (Å²) in [5, 5.41) is 0. The van der Waals surface area contributed by atoms with E-state index in [0.29, 0.717) is 18.0 Å². The number of ether oxygens (including phenoxy) is 1. The lowest BCUT2D eigenvalue weighted by molar-refractivity contribution is -0.130. The molecule has 0 saturated carbocycles. The van der Waals surface area contributed by atoms with Gasteiger partial charge in [0.25, 0.3) is 0 Å². The molecule has 5 nitrogen and oxygen atoms in total. The number of carbonyl (C=O) groups is 2. The minimum Gasteiger partial charge on any atom is -0.495 e. The van der Waals surface area contributed by atoms with Crippen molar-refractivity contribution in [2.45, 2.75) is 13.5 Å². The molecule has 2 aromatic rings. The van der Waals surface area contributed by atoms with Crippen LogP contribution < -0.4 is 9.64 Å². The lowest BCUT2D eigenvalue weighted by atomic mass is 10.2. The van der Waals surface area contributed by atoms with E-state index in [1.54, 1.807) is 31.2 Å². The highest BCUT2D eigenvalue weighted by atomic mass is 16.5. The number of para-hydroxylation sites is 2. The van der Waals surface area contributed by atoms with Crippen molar-refractivity contribution in [1.82, 2.24) is 4.90 Å². The summed E-state index contributed by atoms with van der Waals surface area (Å²) >= 11 is 0. The van der Waals surface area contributed by atoms with Crippen LogP contribution in [0.25, 0.3) is 0 Å². The van der Waals surface area contributed by atoms with E-state index in [4.69, 9.17) is 4.74 Å². The van der Waals surface area contributed by atoms with Crippen molar-refractivity contribution in [2.24, 2.45) is 0 Å². The maximum atomic E-state index is 12.5. The normalized spacial score (nSPS) is 10.1. The third-order valence-corrected chi connectivity index (χ3v) is 3.74. The van der Waals surface area contributed by atoms with Gasteiger partial charge in [0.1, 0.15) is 12.3 Å². The second kappa shape index (κ2) is 8.15. The largest absolute Gasteiger partial charge is 0.495 e. The second-order valence-electron chi connectivity index (χ2n) is 5.51. The Morgan fingerprint density at radius 2 is 1.62 bits per heavy atom. The lowest BCUT2D eigenvalue weighted by Gasteiger charge is -2.25. The van der Waals surface area contributed by atoms with Crippen LogP contribution in [0.4, 0.5) is 5.69 Å². The second-order valence-corrected chi connectivity index (χ2v) is 5.51. The first-order valence-corrected chi connectivity index (χ1v) is 7.72. The van der Waals surface area contributed by atoms with Crippen LogP contribution in [0.15, 0.2) is 54.6 Å². The standard InChI is InChI=1S/C19H22N2O3/c1-15(22)21(17-11-7-8-12-18(17)24-3)14-19(23)20(2)13-16-9-5-4-6-10-16/h4-12H,13-14H2,1-3H3. The third kappa shape index (κ3) is 4.35. The molecule has 24 heavy (non-hydrogen) atoms.